The molecule has 1 N–H and O–H groups in total. The van der Waals surface area contributed by atoms with Crippen LogP contribution >= 0.6 is 11.6 Å². The Hall–Kier alpha value is -3.31. The third-order valence-electron chi connectivity index (χ3n) is 4.81. The Labute approximate surface area is 173 Å². The summed E-state index contributed by atoms with van der Waals surface area (Å²) in [6.07, 6.45) is 0.551. The van der Waals surface area contributed by atoms with Crippen LogP contribution in [0.5, 0.6) is 5.75 Å². The fourth-order valence-corrected chi connectivity index (χ4v) is 3.51. The second-order valence-electron chi connectivity index (χ2n) is 6.58. The first kappa shape index (κ1) is 19.0. The maximum absolute atomic E-state index is 11.9. The lowest BCUT2D eigenvalue weighted by Gasteiger charge is -2.07. The molecule has 0 radical (unpaired) electrons. The number of nitrogens with zero attached hydrogens (tertiary/aromatic N) is 1. The van der Waals surface area contributed by atoms with E-state index in [0.717, 1.165) is 39.2 Å². The molecule has 0 aliphatic rings. The normalized spacial score (nSPS) is 10.9. The zero-order chi connectivity index (χ0) is 20.4. The number of methoxy groups -OCH3 is 2. The van der Waals surface area contributed by atoms with Crippen LogP contribution in [0.3, 0.4) is 0 Å². The first-order chi connectivity index (χ1) is 14.1. The summed E-state index contributed by atoms with van der Waals surface area (Å²) in [6, 6.07) is 19.0. The molecule has 4 aromatic rings. The maximum atomic E-state index is 11.9. The highest BCUT2D eigenvalue weighted by atomic mass is 35.5. The highest BCUT2D eigenvalue weighted by molar-refractivity contribution is 6.30. The molecule has 0 bridgehead atoms. The number of hydrogen-bond acceptors (Lipinski definition) is 4. The topological polar surface area (TPSA) is 64.2 Å². The van der Waals surface area contributed by atoms with Crippen molar-refractivity contribution in [3.05, 3.63) is 82.6 Å². The molecule has 5 nitrogen and oxygen atoms in total. The van der Waals surface area contributed by atoms with Gasteiger partial charge in [0.15, 0.2) is 0 Å². The van der Waals surface area contributed by atoms with Crippen molar-refractivity contribution >= 4 is 28.5 Å². The maximum Gasteiger partial charge on any atom is 0.356 e. The zero-order valence-electron chi connectivity index (χ0n) is 16.0. The van der Waals surface area contributed by atoms with Crippen LogP contribution in [-0.2, 0) is 11.2 Å². The lowest BCUT2D eigenvalue weighted by molar-refractivity contribution is 0.0593. The Kier molecular flexibility index (Phi) is 5.23. The Morgan fingerprint density at radius 2 is 1.86 bits per heavy atom. The number of nitrogens with one attached hydrogen (secondary N) is 1. The third kappa shape index (κ3) is 3.82. The number of esters is 1. The summed E-state index contributed by atoms with van der Waals surface area (Å²) >= 11 is 6.07. The molecule has 0 aliphatic heterocycles. The molecule has 0 spiro atoms. The van der Waals surface area contributed by atoms with Gasteiger partial charge in [-0.2, -0.15) is 0 Å². The van der Waals surface area contributed by atoms with Crippen molar-refractivity contribution in [2.75, 3.05) is 14.2 Å². The largest absolute Gasteiger partial charge is 0.497 e. The molecule has 146 valence electrons. The van der Waals surface area contributed by atoms with E-state index in [4.69, 9.17) is 21.1 Å². The van der Waals surface area contributed by atoms with Gasteiger partial charge in [-0.1, -0.05) is 29.8 Å². The van der Waals surface area contributed by atoms with Crippen LogP contribution in [0.25, 0.3) is 22.2 Å². The monoisotopic (exact) mass is 406 g/mol. The van der Waals surface area contributed by atoms with Gasteiger partial charge in [0.2, 0.25) is 0 Å². The van der Waals surface area contributed by atoms with Crippen molar-refractivity contribution in [3.63, 3.8) is 0 Å². The lowest BCUT2D eigenvalue weighted by Crippen LogP contribution is -2.06. The fraction of sp³-hybridized carbons (Fsp3) is 0.130. The average molecular weight is 407 g/mol. The number of halogens is 1. The minimum absolute atomic E-state index is 0.291. The number of aromatic amines is 1. The Morgan fingerprint density at radius 1 is 1.07 bits per heavy atom. The van der Waals surface area contributed by atoms with E-state index >= 15 is 0 Å². The molecule has 0 unspecified atom stereocenters. The molecule has 29 heavy (non-hydrogen) atoms. The molecule has 2 aromatic heterocycles. The summed E-state index contributed by atoms with van der Waals surface area (Å²) in [5, 5.41) is 1.75. The van der Waals surface area contributed by atoms with Crippen LogP contribution in [0.15, 0.2) is 60.7 Å². The molecule has 4 rings (SSSR count). The van der Waals surface area contributed by atoms with Crippen LogP contribution in [0.4, 0.5) is 0 Å². The Morgan fingerprint density at radius 3 is 2.59 bits per heavy atom. The van der Waals surface area contributed by atoms with Crippen molar-refractivity contribution in [3.8, 4) is 17.0 Å². The van der Waals surface area contributed by atoms with Gasteiger partial charge < -0.3 is 14.5 Å². The SMILES string of the molecule is COC(=O)c1cccc(Cc2c(-c3ccc(Cl)cc3)[nH]c3cc(OC)ccc23)n1. The smallest absolute Gasteiger partial charge is 0.356 e. The molecule has 2 heterocycles. The Balaban J connectivity index is 1.84. The number of ether oxygens (including phenoxy) is 2. The summed E-state index contributed by atoms with van der Waals surface area (Å²) in [6.45, 7) is 0. The first-order valence-corrected chi connectivity index (χ1v) is 9.45. The van der Waals surface area contributed by atoms with Gasteiger partial charge in [0.25, 0.3) is 0 Å². The highest BCUT2D eigenvalue weighted by Crippen LogP contribution is 2.34. The van der Waals surface area contributed by atoms with Crippen LogP contribution in [0.2, 0.25) is 5.02 Å². The quantitative estimate of drug-likeness (QED) is 0.458. The number of aromatic nitrogens is 2. The Bertz CT molecular complexity index is 1180. The molecule has 0 saturated heterocycles. The van der Waals surface area contributed by atoms with Gasteiger partial charge in [0.05, 0.1) is 19.9 Å². The summed E-state index contributed by atoms with van der Waals surface area (Å²) in [5.74, 6) is 0.326. The standard InChI is InChI=1S/C23H19ClN2O3/c1-28-17-10-11-18-19(12-16-4-3-5-20(25-16)23(27)29-2)22(26-21(18)13-17)14-6-8-15(24)9-7-14/h3-11,13,26H,12H2,1-2H3. The van der Waals surface area contributed by atoms with Crippen LogP contribution < -0.4 is 4.74 Å². The van der Waals surface area contributed by atoms with Crippen molar-refractivity contribution in [1.29, 1.82) is 0 Å². The van der Waals surface area contributed by atoms with E-state index in [-0.39, 0.29) is 0 Å². The number of rotatable bonds is 5. The number of benzene rings is 2. The summed E-state index contributed by atoms with van der Waals surface area (Å²) in [4.78, 5) is 19.8. The van der Waals surface area contributed by atoms with Crippen LogP contribution in [0.1, 0.15) is 21.7 Å². The van der Waals surface area contributed by atoms with E-state index in [9.17, 15) is 4.79 Å². The van der Waals surface area contributed by atoms with Gasteiger partial charge in [0.1, 0.15) is 11.4 Å². The van der Waals surface area contributed by atoms with Gasteiger partial charge in [-0.3, -0.25) is 0 Å². The van der Waals surface area contributed by atoms with E-state index < -0.39 is 5.97 Å². The van der Waals surface area contributed by atoms with Gasteiger partial charge >= 0.3 is 5.97 Å². The van der Waals surface area contributed by atoms with Crippen molar-refractivity contribution in [2.45, 2.75) is 6.42 Å². The first-order valence-electron chi connectivity index (χ1n) is 9.08. The van der Waals surface area contributed by atoms with E-state index in [1.54, 1.807) is 13.2 Å². The predicted molar refractivity (Wildman–Crippen MR) is 114 cm³/mol. The van der Waals surface area contributed by atoms with Crippen molar-refractivity contribution < 1.29 is 14.3 Å². The number of fused-ring (bicyclic) bond motifs is 1. The van der Waals surface area contributed by atoms with Crippen LogP contribution in [0, 0.1) is 0 Å². The molecular weight excluding hydrogens is 388 g/mol. The molecule has 0 amide bonds. The van der Waals surface area contributed by atoms with Crippen molar-refractivity contribution in [1.82, 2.24) is 9.97 Å². The van der Waals surface area contributed by atoms with Gasteiger partial charge in [-0.05, 0) is 47.5 Å². The fourth-order valence-electron chi connectivity index (χ4n) is 3.39. The minimum Gasteiger partial charge on any atom is -0.497 e. The summed E-state index contributed by atoms with van der Waals surface area (Å²) in [7, 11) is 3.00. The third-order valence-corrected chi connectivity index (χ3v) is 5.06. The van der Waals surface area contributed by atoms with Crippen LogP contribution in [-0.4, -0.2) is 30.2 Å². The second-order valence-corrected chi connectivity index (χ2v) is 7.02. The molecular formula is C23H19ClN2O3. The average Bonchev–Trinajstić information content (AvgIpc) is 3.11. The molecule has 6 heteroatoms. The molecule has 0 fully saturated rings. The predicted octanol–water partition coefficient (Wildman–Crippen LogP) is 5.27. The highest BCUT2D eigenvalue weighted by Gasteiger charge is 2.16. The zero-order valence-corrected chi connectivity index (χ0v) is 16.8. The lowest BCUT2D eigenvalue weighted by atomic mass is 10.0. The van der Waals surface area contributed by atoms with E-state index in [1.165, 1.54) is 7.11 Å². The molecule has 0 atom stereocenters. The summed E-state index contributed by atoms with van der Waals surface area (Å²) < 4.78 is 10.2. The number of carbonyl (C=O) groups is 1. The van der Waals surface area contributed by atoms with Gasteiger partial charge in [-0.25, -0.2) is 9.78 Å². The number of H-pyrrole nitrogens is 1. The second kappa shape index (κ2) is 7.97. The molecule has 0 aliphatic carbocycles. The number of pyridine rings is 1. The number of carbonyl (C=O) groups excluding carboxylic acids is 1. The summed E-state index contributed by atoms with van der Waals surface area (Å²) in [5.41, 5.74) is 5.12. The van der Waals surface area contributed by atoms with E-state index in [0.29, 0.717) is 17.1 Å². The van der Waals surface area contributed by atoms with Crippen molar-refractivity contribution in [2.24, 2.45) is 0 Å². The molecule has 0 saturated carbocycles. The minimum atomic E-state index is -0.451. The van der Waals surface area contributed by atoms with E-state index in [2.05, 4.69) is 9.97 Å². The van der Waals surface area contributed by atoms with Gasteiger partial charge in [-0.15, -0.1) is 0 Å². The van der Waals surface area contributed by atoms with Gasteiger partial charge in [0, 0.05) is 34.1 Å². The van der Waals surface area contributed by atoms with E-state index in [1.807, 2.05) is 54.6 Å². The number of hydrogen-bond donors (Lipinski definition) is 1. The molecule has 2 aromatic carbocycles.